The minimum atomic E-state index is -0.196. The Hall–Kier alpha value is -2.20. The highest BCUT2D eigenvalue weighted by molar-refractivity contribution is 6.32. The minimum Gasteiger partial charge on any atom is -0.496 e. The van der Waals surface area contributed by atoms with E-state index in [1.54, 1.807) is 19.2 Å². The van der Waals surface area contributed by atoms with Crippen LogP contribution in [0.1, 0.15) is 49.4 Å². The zero-order valence-corrected chi connectivity index (χ0v) is 16.7. The molecule has 0 aromatic heterocycles. The lowest BCUT2D eigenvalue weighted by atomic mass is 9.93. The fraction of sp³-hybridized carbons (Fsp3) is 0.381. The van der Waals surface area contributed by atoms with Crippen molar-refractivity contribution < 1.29 is 14.3 Å². The van der Waals surface area contributed by atoms with E-state index in [1.165, 1.54) is 0 Å². The van der Waals surface area contributed by atoms with Crippen LogP contribution in [-0.4, -0.2) is 19.6 Å². The number of aryl methyl sites for hydroxylation is 1. The van der Waals surface area contributed by atoms with Crippen LogP contribution in [0.4, 0.5) is 0 Å². The normalized spacial score (nSPS) is 12.0. The Morgan fingerprint density at radius 3 is 2.42 bits per heavy atom. The number of methoxy groups -OCH3 is 1. The first-order valence-corrected chi connectivity index (χ1v) is 9.06. The molecule has 0 saturated heterocycles. The Morgan fingerprint density at radius 2 is 1.81 bits per heavy atom. The topological polar surface area (TPSA) is 47.6 Å². The van der Waals surface area contributed by atoms with E-state index in [9.17, 15) is 4.79 Å². The fourth-order valence-electron chi connectivity index (χ4n) is 2.88. The molecule has 0 aliphatic carbocycles. The Morgan fingerprint density at radius 1 is 1.12 bits per heavy atom. The molecular formula is C21H26ClNO3. The first-order chi connectivity index (χ1) is 12.3. The molecule has 1 amide bonds. The summed E-state index contributed by atoms with van der Waals surface area (Å²) in [6.07, 6.45) is 0. The Bertz CT molecular complexity index is 774. The van der Waals surface area contributed by atoms with Crippen LogP contribution >= 0.6 is 11.6 Å². The molecule has 2 rings (SSSR count). The molecule has 0 unspecified atom stereocenters. The van der Waals surface area contributed by atoms with Crippen LogP contribution in [-0.2, 0) is 4.79 Å². The molecular weight excluding hydrogens is 350 g/mol. The number of ether oxygens (including phenoxy) is 2. The van der Waals surface area contributed by atoms with Crippen LogP contribution in [0.15, 0.2) is 36.4 Å². The number of nitrogens with one attached hydrogen (secondary N) is 1. The number of hydrogen-bond donors (Lipinski definition) is 1. The molecule has 140 valence electrons. The maximum absolute atomic E-state index is 12.3. The molecule has 0 bridgehead atoms. The van der Waals surface area contributed by atoms with E-state index >= 15 is 0 Å². The molecule has 0 aliphatic heterocycles. The molecule has 4 nitrogen and oxygen atoms in total. The predicted molar refractivity (Wildman–Crippen MR) is 105 cm³/mol. The molecule has 5 heteroatoms. The van der Waals surface area contributed by atoms with Gasteiger partial charge in [0, 0.05) is 0 Å². The number of amides is 1. The molecule has 2 aromatic carbocycles. The van der Waals surface area contributed by atoms with E-state index in [0.29, 0.717) is 16.7 Å². The second-order valence-corrected chi connectivity index (χ2v) is 7.02. The summed E-state index contributed by atoms with van der Waals surface area (Å²) >= 11 is 6.04. The molecule has 0 fully saturated rings. The van der Waals surface area contributed by atoms with Gasteiger partial charge in [0.2, 0.25) is 0 Å². The summed E-state index contributed by atoms with van der Waals surface area (Å²) in [5.74, 6) is 1.51. The van der Waals surface area contributed by atoms with Gasteiger partial charge >= 0.3 is 0 Å². The molecule has 0 radical (unpaired) electrons. The van der Waals surface area contributed by atoms with E-state index in [0.717, 1.165) is 22.4 Å². The van der Waals surface area contributed by atoms with Gasteiger partial charge in [-0.05, 0) is 60.7 Å². The summed E-state index contributed by atoms with van der Waals surface area (Å²) in [5.41, 5.74) is 3.27. The quantitative estimate of drug-likeness (QED) is 0.737. The average molecular weight is 376 g/mol. The number of rotatable bonds is 7. The van der Waals surface area contributed by atoms with Crippen LogP contribution in [0, 0.1) is 6.92 Å². The van der Waals surface area contributed by atoms with Gasteiger partial charge in [-0.2, -0.15) is 0 Å². The number of hydrogen-bond acceptors (Lipinski definition) is 3. The highest BCUT2D eigenvalue weighted by Crippen LogP contribution is 2.32. The van der Waals surface area contributed by atoms with Crippen molar-refractivity contribution in [2.45, 2.75) is 39.7 Å². The van der Waals surface area contributed by atoms with Crippen LogP contribution < -0.4 is 14.8 Å². The lowest BCUT2D eigenvalue weighted by molar-refractivity contribution is -0.123. The van der Waals surface area contributed by atoms with Crippen molar-refractivity contribution in [3.8, 4) is 11.5 Å². The fourth-order valence-corrected chi connectivity index (χ4v) is 3.07. The Kier molecular flexibility index (Phi) is 6.92. The summed E-state index contributed by atoms with van der Waals surface area (Å²) in [6.45, 7) is 8.15. The summed E-state index contributed by atoms with van der Waals surface area (Å²) < 4.78 is 11.0. The first-order valence-electron chi connectivity index (χ1n) is 8.68. The maximum atomic E-state index is 12.3. The smallest absolute Gasteiger partial charge is 0.258 e. The zero-order valence-electron chi connectivity index (χ0n) is 15.9. The standard InChI is InChI=1S/C21H26ClNO3/c1-13(2)16-11-17(14(3)10-20(16)25-5)15(4)23-21(24)12-26-19-9-7-6-8-18(19)22/h6-11,13,15H,12H2,1-5H3,(H,23,24)/t15-/m0/s1. The molecule has 1 atom stereocenters. The highest BCUT2D eigenvalue weighted by atomic mass is 35.5. The van der Waals surface area contributed by atoms with Gasteiger partial charge in [-0.25, -0.2) is 0 Å². The largest absolute Gasteiger partial charge is 0.496 e. The van der Waals surface area contributed by atoms with Crippen LogP contribution in [0.5, 0.6) is 11.5 Å². The van der Waals surface area contributed by atoms with Gasteiger partial charge in [0.15, 0.2) is 6.61 Å². The van der Waals surface area contributed by atoms with Crippen molar-refractivity contribution in [2.75, 3.05) is 13.7 Å². The Labute approximate surface area is 160 Å². The van der Waals surface area contributed by atoms with Crippen molar-refractivity contribution in [1.29, 1.82) is 0 Å². The Balaban J connectivity index is 2.07. The second kappa shape index (κ2) is 8.95. The van der Waals surface area contributed by atoms with Gasteiger partial charge in [0.05, 0.1) is 18.2 Å². The van der Waals surface area contributed by atoms with Crippen molar-refractivity contribution in [1.82, 2.24) is 5.32 Å². The lowest BCUT2D eigenvalue weighted by Gasteiger charge is -2.21. The van der Waals surface area contributed by atoms with E-state index in [4.69, 9.17) is 21.1 Å². The van der Waals surface area contributed by atoms with E-state index in [1.807, 2.05) is 32.0 Å². The molecule has 26 heavy (non-hydrogen) atoms. The highest BCUT2D eigenvalue weighted by Gasteiger charge is 2.17. The van der Waals surface area contributed by atoms with Crippen LogP contribution in [0.25, 0.3) is 0 Å². The minimum absolute atomic E-state index is 0.0830. The third-order valence-electron chi connectivity index (χ3n) is 4.28. The first kappa shape index (κ1) is 20.1. The summed E-state index contributed by atoms with van der Waals surface area (Å²) in [5, 5.41) is 3.47. The number of carbonyl (C=O) groups is 1. The van der Waals surface area contributed by atoms with Crippen molar-refractivity contribution >= 4 is 17.5 Å². The van der Waals surface area contributed by atoms with Crippen LogP contribution in [0.2, 0.25) is 5.02 Å². The lowest BCUT2D eigenvalue weighted by Crippen LogP contribution is -2.31. The van der Waals surface area contributed by atoms with Crippen molar-refractivity contribution in [2.24, 2.45) is 0 Å². The van der Waals surface area contributed by atoms with E-state index in [2.05, 4.69) is 25.2 Å². The van der Waals surface area contributed by atoms with Gasteiger partial charge in [0.25, 0.3) is 5.91 Å². The van der Waals surface area contributed by atoms with E-state index < -0.39 is 0 Å². The summed E-state index contributed by atoms with van der Waals surface area (Å²) in [6, 6.07) is 11.1. The molecule has 0 spiro atoms. The van der Waals surface area contributed by atoms with E-state index in [-0.39, 0.29) is 18.6 Å². The maximum Gasteiger partial charge on any atom is 0.258 e. The zero-order chi connectivity index (χ0) is 19.3. The van der Waals surface area contributed by atoms with Gasteiger partial charge in [-0.1, -0.05) is 37.6 Å². The third kappa shape index (κ3) is 4.92. The van der Waals surface area contributed by atoms with Crippen molar-refractivity contribution in [3.05, 3.63) is 58.1 Å². The average Bonchev–Trinajstić information content (AvgIpc) is 2.60. The number of carbonyl (C=O) groups excluding carboxylic acids is 1. The van der Waals surface area contributed by atoms with Gasteiger partial charge in [0.1, 0.15) is 11.5 Å². The number of halogens is 1. The SMILES string of the molecule is COc1cc(C)c([C@H](C)NC(=O)COc2ccccc2Cl)cc1C(C)C. The molecule has 1 N–H and O–H groups in total. The molecule has 0 heterocycles. The number of para-hydroxylation sites is 1. The van der Waals surface area contributed by atoms with Gasteiger partial charge in [-0.15, -0.1) is 0 Å². The van der Waals surface area contributed by atoms with Gasteiger partial charge < -0.3 is 14.8 Å². The second-order valence-electron chi connectivity index (χ2n) is 6.61. The monoisotopic (exact) mass is 375 g/mol. The molecule has 0 aliphatic rings. The summed E-state index contributed by atoms with van der Waals surface area (Å²) in [7, 11) is 1.68. The summed E-state index contributed by atoms with van der Waals surface area (Å²) in [4.78, 5) is 12.3. The predicted octanol–water partition coefficient (Wildman–Crippen LogP) is 5.04. The van der Waals surface area contributed by atoms with Crippen LogP contribution in [0.3, 0.4) is 0 Å². The van der Waals surface area contributed by atoms with Crippen molar-refractivity contribution in [3.63, 3.8) is 0 Å². The van der Waals surface area contributed by atoms with Gasteiger partial charge in [-0.3, -0.25) is 4.79 Å². The molecule has 2 aromatic rings. The number of benzene rings is 2. The third-order valence-corrected chi connectivity index (χ3v) is 4.59. The molecule has 0 saturated carbocycles.